The molecule has 2 aromatic heterocycles. The first-order valence-electron chi connectivity index (χ1n) is 12.0. The van der Waals surface area contributed by atoms with Crippen LogP contribution in [0.1, 0.15) is 56.7 Å². The molecule has 4 rings (SSSR count). The van der Waals surface area contributed by atoms with Crippen molar-refractivity contribution in [3.05, 3.63) is 47.3 Å². The van der Waals surface area contributed by atoms with Gasteiger partial charge in [-0.2, -0.15) is 0 Å². The summed E-state index contributed by atoms with van der Waals surface area (Å²) in [7, 11) is 3.43. The number of benzene rings is 1. The van der Waals surface area contributed by atoms with Crippen LogP contribution in [0.25, 0.3) is 11.0 Å². The van der Waals surface area contributed by atoms with Crippen LogP contribution in [-0.2, 0) is 27.9 Å². The van der Waals surface area contributed by atoms with Gasteiger partial charge in [-0.05, 0) is 57.7 Å². The van der Waals surface area contributed by atoms with Gasteiger partial charge in [-0.1, -0.05) is 24.0 Å². The Bertz CT molecular complexity index is 1310. The van der Waals surface area contributed by atoms with Crippen molar-refractivity contribution < 1.29 is 19.0 Å². The van der Waals surface area contributed by atoms with E-state index in [0.717, 1.165) is 37.0 Å². The van der Waals surface area contributed by atoms with E-state index in [4.69, 9.17) is 19.9 Å². The predicted octanol–water partition coefficient (Wildman–Crippen LogP) is 4.36. The fraction of sp³-hybridized carbons (Fsp3) is 0.444. The zero-order valence-electron chi connectivity index (χ0n) is 21.5. The van der Waals surface area contributed by atoms with E-state index in [-0.39, 0.29) is 12.1 Å². The van der Waals surface area contributed by atoms with Crippen molar-refractivity contribution >= 4 is 28.8 Å². The second-order valence-electron chi connectivity index (χ2n) is 9.85. The smallest absolute Gasteiger partial charge is 0.415 e. The molecule has 2 N–H and O–H groups in total. The van der Waals surface area contributed by atoms with Gasteiger partial charge in [0, 0.05) is 26.3 Å². The molecule has 0 bridgehead atoms. The molecule has 0 saturated carbocycles. The standard InChI is InChI=1S/C27H33N5O4/c1-27(2,3)36-26(33)32(5)25-22-23(31(4)17-29-22)20(24(28)30-25)13-12-18-9-8-10-19(15-18)16-35-21-11-6-7-14-34-21/h8-10,15,17,21H,6-7,11,14,16H2,1-5H3,(H2,28,30). The third kappa shape index (κ3) is 5.96. The summed E-state index contributed by atoms with van der Waals surface area (Å²) in [6, 6.07) is 7.88. The van der Waals surface area contributed by atoms with Gasteiger partial charge in [0.25, 0.3) is 0 Å². The van der Waals surface area contributed by atoms with Gasteiger partial charge in [0.05, 0.1) is 24.0 Å². The number of anilines is 2. The minimum absolute atomic E-state index is 0.144. The zero-order valence-corrected chi connectivity index (χ0v) is 21.5. The Labute approximate surface area is 211 Å². The molecule has 1 aromatic carbocycles. The third-order valence-electron chi connectivity index (χ3n) is 5.69. The first-order valence-corrected chi connectivity index (χ1v) is 12.0. The van der Waals surface area contributed by atoms with Gasteiger partial charge >= 0.3 is 6.09 Å². The summed E-state index contributed by atoms with van der Waals surface area (Å²) < 4.78 is 18.8. The quantitative estimate of drug-likeness (QED) is 0.541. The number of hydrogen-bond donors (Lipinski definition) is 1. The molecule has 1 saturated heterocycles. The molecule has 1 atom stereocenters. The average Bonchev–Trinajstić information content (AvgIpc) is 3.22. The number of carbonyl (C=O) groups excluding carboxylic acids is 1. The number of fused-ring (bicyclic) bond motifs is 1. The molecule has 1 fully saturated rings. The molecule has 3 heterocycles. The number of rotatable bonds is 4. The van der Waals surface area contributed by atoms with Gasteiger partial charge in [-0.15, -0.1) is 0 Å². The summed E-state index contributed by atoms with van der Waals surface area (Å²) in [6.07, 6.45) is 4.10. The normalized spacial score (nSPS) is 15.9. The summed E-state index contributed by atoms with van der Waals surface area (Å²) in [5.41, 5.74) is 9.28. The topological polar surface area (TPSA) is 105 Å². The lowest BCUT2D eigenvalue weighted by atomic mass is 10.1. The van der Waals surface area contributed by atoms with E-state index in [2.05, 4.69) is 21.8 Å². The van der Waals surface area contributed by atoms with Crippen LogP contribution in [0.3, 0.4) is 0 Å². The van der Waals surface area contributed by atoms with E-state index in [1.54, 1.807) is 34.1 Å². The maximum atomic E-state index is 12.6. The van der Waals surface area contributed by atoms with Crippen LogP contribution < -0.4 is 10.6 Å². The van der Waals surface area contributed by atoms with Crippen molar-refractivity contribution in [1.29, 1.82) is 0 Å². The minimum atomic E-state index is -0.644. The van der Waals surface area contributed by atoms with E-state index >= 15 is 0 Å². The molecule has 1 aliphatic rings. The summed E-state index contributed by atoms with van der Waals surface area (Å²) in [5, 5.41) is 0. The molecule has 1 amide bonds. The van der Waals surface area contributed by atoms with Crippen molar-refractivity contribution in [1.82, 2.24) is 14.5 Å². The molecule has 0 radical (unpaired) electrons. The van der Waals surface area contributed by atoms with Crippen molar-refractivity contribution in [2.24, 2.45) is 7.05 Å². The minimum Gasteiger partial charge on any atom is -0.443 e. The number of amides is 1. The molecule has 3 aromatic rings. The number of imidazole rings is 1. The number of nitrogen functional groups attached to an aromatic ring is 1. The summed E-state index contributed by atoms with van der Waals surface area (Å²) in [4.78, 5) is 22.9. The van der Waals surface area contributed by atoms with E-state index in [1.165, 1.54) is 4.90 Å². The van der Waals surface area contributed by atoms with E-state index < -0.39 is 11.7 Å². The maximum Gasteiger partial charge on any atom is 0.415 e. The van der Waals surface area contributed by atoms with E-state index in [9.17, 15) is 4.79 Å². The molecule has 36 heavy (non-hydrogen) atoms. The van der Waals surface area contributed by atoms with Crippen LogP contribution in [-0.4, -0.2) is 46.2 Å². The monoisotopic (exact) mass is 491 g/mol. The molecular formula is C27H33N5O4. The highest BCUT2D eigenvalue weighted by molar-refractivity contribution is 6.00. The molecule has 9 heteroatoms. The number of nitrogens with zero attached hydrogens (tertiary/aromatic N) is 4. The van der Waals surface area contributed by atoms with Gasteiger partial charge in [-0.25, -0.2) is 14.8 Å². The molecule has 9 nitrogen and oxygen atoms in total. The lowest BCUT2D eigenvalue weighted by molar-refractivity contribution is -0.168. The Hall–Kier alpha value is -3.61. The molecule has 1 unspecified atom stereocenters. The highest BCUT2D eigenvalue weighted by Crippen LogP contribution is 2.29. The second kappa shape index (κ2) is 10.6. The van der Waals surface area contributed by atoms with Gasteiger partial charge in [0.2, 0.25) is 0 Å². The highest BCUT2D eigenvalue weighted by Gasteiger charge is 2.25. The van der Waals surface area contributed by atoms with Gasteiger partial charge in [0.1, 0.15) is 16.9 Å². The number of aromatic nitrogens is 3. The van der Waals surface area contributed by atoms with Crippen molar-refractivity contribution in [3.63, 3.8) is 0 Å². The Balaban J connectivity index is 1.60. The lowest BCUT2D eigenvalue weighted by Crippen LogP contribution is -2.34. The van der Waals surface area contributed by atoms with Crippen LogP contribution in [0.4, 0.5) is 16.4 Å². The largest absolute Gasteiger partial charge is 0.443 e. The van der Waals surface area contributed by atoms with E-state index in [0.29, 0.717) is 29.0 Å². The van der Waals surface area contributed by atoms with Crippen LogP contribution in [0, 0.1) is 11.8 Å². The fourth-order valence-corrected chi connectivity index (χ4v) is 3.91. The van der Waals surface area contributed by atoms with Crippen molar-refractivity contribution in [2.75, 3.05) is 24.3 Å². The lowest BCUT2D eigenvalue weighted by Gasteiger charge is -2.24. The fourth-order valence-electron chi connectivity index (χ4n) is 3.91. The Morgan fingerprint density at radius 1 is 1.31 bits per heavy atom. The summed E-state index contributed by atoms with van der Waals surface area (Å²) in [6.45, 7) is 6.63. The van der Waals surface area contributed by atoms with Crippen molar-refractivity contribution in [2.45, 2.75) is 58.5 Å². The number of nitrogens with two attached hydrogens (primary N) is 1. The average molecular weight is 492 g/mol. The first kappa shape index (κ1) is 25.5. The maximum absolute atomic E-state index is 12.6. The predicted molar refractivity (Wildman–Crippen MR) is 138 cm³/mol. The van der Waals surface area contributed by atoms with Gasteiger partial charge < -0.3 is 24.5 Å². The second-order valence-corrected chi connectivity index (χ2v) is 9.85. The van der Waals surface area contributed by atoms with Gasteiger partial charge in [-0.3, -0.25) is 4.90 Å². The van der Waals surface area contributed by atoms with E-state index in [1.807, 2.05) is 35.9 Å². The number of ether oxygens (including phenoxy) is 3. The molecule has 190 valence electrons. The van der Waals surface area contributed by atoms with Gasteiger partial charge in [0.15, 0.2) is 12.1 Å². The third-order valence-corrected chi connectivity index (χ3v) is 5.69. The van der Waals surface area contributed by atoms with Crippen LogP contribution in [0.2, 0.25) is 0 Å². The summed E-state index contributed by atoms with van der Waals surface area (Å²) >= 11 is 0. The summed E-state index contributed by atoms with van der Waals surface area (Å²) in [5.74, 6) is 6.87. The number of hydrogen-bond acceptors (Lipinski definition) is 7. The molecule has 1 aliphatic heterocycles. The zero-order chi connectivity index (χ0) is 25.9. The Kier molecular flexibility index (Phi) is 7.48. The number of aryl methyl sites for hydroxylation is 1. The number of carbonyl (C=O) groups is 1. The molecule has 0 aliphatic carbocycles. The molecule has 0 spiro atoms. The number of pyridine rings is 1. The Morgan fingerprint density at radius 2 is 2.11 bits per heavy atom. The van der Waals surface area contributed by atoms with Crippen LogP contribution in [0.15, 0.2) is 30.6 Å². The van der Waals surface area contributed by atoms with Crippen LogP contribution in [0.5, 0.6) is 0 Å². The Morgan fingerprint density at radius 3 is 2.83 bits per heavy atom. The van der Waals surface area contributed by atoms with Crippen molar-refractivity contribution in [3.8, 4) is 11.8 Å². The SMILES string of the molecule is CN(C(=O)OC(C)(C)C)c1nc(N)c(C#Cc2cccc(COC3CCCCO3)c2)c2c1ncn2C. The van der Waals surface area contributed by atoms with Crippen LogP contribution >= 0.6 is 0 Å². The molecular weight excluding hydrogens is 458 g/mol. The highest BCUT2D eigenvalue weighted by atomic mass is 16.7. The first-order chi connectivity index (χ1) is 17.1.